The zero-order valence-electron chi connectivity index (χ0n) is 13.6. The number of halogens is 1. The van der Waals surface area contributed by atoms with Crippen molar-refractivity contribution in [3.05, 3.63) is 44.9 Å². The van der Waals surface area contributed by atoms with Crippen LogP contribution < -0.4 is 15.1 Å². The molecule has 0 spiro atoms. The highest BCUT2D eigenvalue weighted by Crippen LogP contribution is 2.40. The first-order valence-corrected chi connectivity index (χ1v) is 9.15. The fourth-order valence-electron chi connectivity index (χ4n) is 2.95. The van der Waals surface area contributed by atoms with Crippen molar-refractivity contribution in [2.45, 2.75) is 0 Å². The summed E-state index contributed by atoms with van der Waals surface area (Å²) in [6, 6.07) is 6.96. The van der Waals surface area contributed by atoms with Crippen LogP contribution in [0.3, 0.4) is 0 Å². The van der Waals surface area contributed by atoms with Gasteiger partial charge in [0.1, 0.15) is 10.4 Å². The average Bonchev–Trinajstić information content (AvgIpc) is 3.07. The van der Waals surface area contributed by atoms with Gasteiger partial charge in [0.15, 0.2) is 11.5 Å². The fraction of sp³-hybridized carbons (Fsp3) is 0.278. The largest absolute Gasteiger partial charge is 0.496 e. The molecule has 1 saturated heterocycles. The van der Waals surface area contributed by atoms with Gasteiger partial charge in [-0.25, -0.2) is 0 Å². The van der Waals surface area contributed by atoms with Crippen LogP contribution in [0.15, 0.2) is 38.9 Å². The number of benzene rings is 1. The molecule has 4 rings (SSSR count). The molecule has 1 aliphatic rings. The Morgan fingerprint density at radius 1 is 1.20 bits per heavy atom. The highest BCUT2D eigenvalue weighted by Gasteiger charge is 2.20. The van der Waals surface area contributed by atoms with E-state index in [2.05, 4.69) is 0 Å². The van der Waals surface area contributed by atoms with Crippen molar-refractivity contribution in [1.82, 2.24) is 0 Å². The van der Waals surface area contributed by atoms with Crippen LogP contribution in [0.4, 0.5) is 5.88 Å². The van der Waals surface area contributed by atoms with E-state index in [9.17, 15) is 4.79 Å². The quantitative estimate of drug-likeness (QED) is 0.690. The number of fused-ring (bicyclic) bond motifs is 1. The number of anilines is 1. The summed E-state index contributed by atoms with van der Waals surface area (Å²) in [5.41, 5.74) is 2.15. The van der Waals surface area contributed by atoms with Crippen molar-refractivity contribution in [1.29, 1.82) is 0 Å². The van der Waals surface area contributed by atoms with Crippen molar-refractivity contribution < 1.29 is 13.9 Å². The zero-order chi connectivity index (χ0) is 17.4. The van der Waals surface area contributed by atoms with E-state index in [1.165, 1.54) is 11.3 Å². The number of thiophene rings is 1. The topological polar surface area (TPSA) is 51.9 Å². The van der Waals surface area contributed by atoms with Crippen molar-refractivity contribution in [3.8, 4) is 16.9 Å². The first-order valence-electron chi connectivity index (χ1n) is 7.89. The number of hydrogen-bond donors (Lipinski definition) is 0. The lowest BCUT2D eigenvalue weighted by molar-refractivity contribution is 0.121. The summed E-state index contributed by atoms with van der Waals surface area (Å²) < 4.78 is 17.5. The lowest BCUT2D eigenvalue weighted by Gasteiger charge is -2.27. The predicted octanol–water partition coefficient (Wildman–Crippen LogP) is 4.02. The summed E-state index contributed by atoms with van der Waals surface area (Å²) in [4.78, 5) is 14.6. The first kappa shape index (κ1) is 16.4. The number of nitrogens with zero attached hydrogens (tertiary/aromatic N) is 1. The summed E-state index contributed by atoms with van der Waals surface area (Å²) in [6.07, 6.45) is 0. The monoisotopic (exact) mass is 377 g/mol. The second-order valence-electron chi connectivity index (χ2n) is 5.70. The van der Waals surface area contributed by atoms with Crippen molar-refractivity contribution in [3.63, 3.8) is 0 Å². The van der Waals surface area contributed by atoms with Crippen LogP contribution in [0.25, 0.3) is 21.4 Å². The van der Waals surface area contributed by atoms with Gasteiger partial charge in [0.05, 0.1) is 20.3 Å². The molecule has 7 heteroatoms. The Morgan fingerprint density at radius 2 is 2.00 bits per heavy atom. The molecule has 25 heavy (non-hydrogen) atoms. The molecular formula is C18H16ClNO4S. The molecule has 0 bridgehead atoms. The Labute approximate surface area is 153 Å². The number of morpholine rings is 1. The molecule has 1 aromatic carbocycles. The fourth-order valence-corrected chi connectivity index (χ4v) is 4.02. The summed E-state index contributed by atoms with van der Waals surface area (Å²) in [7, 11) is 1.61. The molecule has 0 amide bonds. The zero-order valence-corrected chi connectivity index (χ0v) is 15.2. The minimum absolute atomic E-state index is 0.0417. The van der Waals surface area contributed by atoms with Gasteiger partial charge in [-0.1, -0.05) is 11.6 Å². The van der Waals surface area contributed by atoms with E-state index in [-0.39, 0.29) is 5.43 Å². The van der Waals surface area contributed by atoms with Gasteiger partial charge in [0.2, 0.25) is 5.43 Å². The van der Waals surface area contributed by atoms with E-state index >= 15 is 0 Å². The summed E-state index contributed by atoms with van der Waals surface area (Å²) in [5, 5.41) is 2.51. The van der Waals surface area contributed by atoms with E-state index < -0.39 is 0 Å². The highest BCUT2D eigenvalue weighted by molar-refractivity contribution is 7.17. The summed E-state index contributed by atoms with van der Waals surface area (Å²) in [5.74, 6) is 1.25. The molecule has 1 fully saturated rings. The molecule has 2 aromatic heterocycles. The Bertz CT molecular complexity index is 975. The standard InChI is InChI=1S/C18H16ClNO4S/c1-22-15-3-2-11(19)8-12(15)13-10-25-18-14(21)9-16(24-17(13)18)20-4-6-23-7-5-20/h2-3,8-10H,4-7H2,1H3. The maximum absolute atomic E-state index is 12.5. The normalized spacial score (nSPS) is 14.9. The molecule has 3 heterocycles. The Morgan fingerprint density at radius 3 is 2.76 bits per heavy atom. The second kappa shape index (κ2) is 6.71. The van der Waals surface area contributed by atoms with Crippen LogP contribution in [0, 0.1) is 0 Å². The predicted molar refractivity (Wildman–Crippen MR) is 100 cm³/mol. The van der Waals surface area contributed by atoms with Crippen LogP contribution in [0.5, 0.6) is 5.75 Å². The van der Waals surface area contributed by atoms with E-state index in [1.807, 2.05) is 22.4 Å². The number of methoxy groups -OCH3 is 1. The molecule has 130 valence electrons. The van der Waals surface area contributed by atoms with E-state index in [0.29, 0.717) is 53.2 Å². The third-order valence-corrected chi connectivity index (χ3v) is 5.42. The van der Waals surface area contributed by atoms with Crippen LogP contribution in [-0.4, -0.2) is 33.4 Å². The second-order valence-corrected chi connectivity index (χ2v) is 7.02. The number of hydrogen-bond acceptors (Lipinski definition) is 6. The van der Waals surface area contributed by atoms with Crippen molar-refractivity contribution in [2.75, 3.05) is 38.3 Å². The minimum Gasteiger partial charge on any atom is -0.496 e. The average molecular weight is 378 g/mol. The lowest BCUT2D eigenvalue weighted by Crippen LogP contribution is -2.36. The van der Waals surface area contributed by atoms with E-state index in [4.69, 9.17) is 25.5 Å². The van der Waals surface area contributed by atoms with Gasteiger partial charge in [0, 0.05) is 40.7 Å². The van der Waals surface area contributed by atoms with Crippen LogP contribution in [0.1, 0.15) is 0 Å². The molecule has 3 aromatic rings. The summed E-state index contributed by atoms with van der Waals surface area (Å²) >= 11 is 7.53. The Kier molecular flexibility index (Phi) is 4.41. The highest BCUT2D eigenvalue weighted by atomic mass is 35.5. The van der Waals surface area contributed by atoms with Crippen molar-refractivity contribution in [2.24, 2.45) is 0 Å². The first-order chi connectivity index (χ1) is 12.2. The molecule has 0 N–H and O–H groups in total. The maximum atomic E-state index is 12.5. The summed E-state index contributed by atoms with van der Waals surface area (Å²) in [6.45, 7) is 2.66. The van der Waals surface area contributed by atoms with E-state index in [0.717, 1.165) is 11.1 Å². The molecule has 5 nitrogen and oxygen atoms in total. The van der Waals surface area contributed by atoms with Crippen LogP contribution in [0.2, 0.25) is 5.02 Å². The molecule has 0 aliphatic carbocycles. The molecule has 0 atom stereocenters. The molecule has 0 saturated carbocycles. The molecule has 1 aliphatic heterocycles. The minimum atomic E-state index is -0.0417. The number of rotatable bonds is 3. The Balaban J connectivity index is 1.89. The van der Waals surface area contributed by atoms with Gasteiger partial charge in [-0.05, 0) is 18.2 Å². The van der Waals surface area contributed by atoms with Gasteiger partial charge >= 0.3 is 0 Å². The van der Waals surface area contributed by atoms with E-state index in [1.54, 1.807) is 19.2 Å². The Hall–Kier alpha value is -2.02. The smallest absolute Gasteiger partial charge is 0.204 e. The number of ether oxygens (including phenoxy) is 2. The third kappa shape index (κ3) is 3.01. The van der Waals surface area contributed by atoms with Crippen LogP contribution in [-0.2, 0) is 4.74 Å². The molecule has 0 unspecified atom stereocenters. The van der Waals surface area contributed by atoms with Gasteiger partial charge in [-0.2, -0.15) is 0 Å². The van der Waals surface area contributed by atoms with Gasteiger partial charge < -0.3 is 18.8 Å². The van der Waals surface area contributed by atoms with Crippen molar-refractivity contribution >= 4 is 39.1 Å². The van der Waals surface area contributed by atoms with Gasteiger partial charge in [-0.3, -0.25) is 4.79 Å². The lowest BCUT2D eigenvalue weighted by atomic mass is 10.1. The maximum Gasteiger partial charge on any atom is 0.204 e. The molecule has 0 radical (unpaired) electrons. The van der Waals surface area contributed by atoms with Crippen LogP contribution >= 0.6 is 22.9 Å². The third-order valence-electron chi connectivity index (χ3n) is 4.20. The van der Waals surface area contributed by atoms with Gasteiger partial charge in [-0.15, -0.1) is 11.3 Å². The van der Waals surface area contributed by atoms with Gasteiger partial charge in [0.25, 0.3) is 0 Å². The molecular weight excluding hydrogens is 362 g/mol. The SMILES string of the molecule is COc1ccc(Cl)cc1-c1csc2c(=O)cc(N3CCOCC3)oc12.